The number of aromatic nitrogens is 4. The largest absolute Gasteiger partial charge is 0.508 e. The quantitative estimate of drug-likeness (QED) is 0.284. The van der Waals surface area contributed by atoms with Crippen LogP contribution < -0.4 is 11.5 Å². The molecular formula is C19H18N6O5S. The Kier molecular flexibility index (Phi) is 5.86. The summed E-state index contributed by atoms with van der Waals surface area (Å²) in [5.41, 5.74) is 14.3. The molecule has 31 heavy (non-hydrogen) atoms. The number of phenolic OH excluding ortho intramolecular Hbond substituents is 2. The van der Waals surface area contributed by atoms with Gasteiger partial charge in [0.15, 0.2) is 17.0 Å². The lowest BCUT2D eigenvalue weighted by Crippen LogP contribution is -2.05. The van der Waals surface area contributed by atoms with Crippen molar-refractivity contribution in [2.45, 2.75) is 0 Å². The topological polar surface area (TPSA) is 198 Å². The molecular weight excluding hydrogens is 424 g/mol. The van der Waals surface area contributed by atoms with Crippen LogP contribution in [-0.2, 0) is 10.1 Å². The monoisotopic (exact) mass is 442 g/mol. The van der Waals surface area contributed by atoms with Crippen LogP contribution in [0.4, 0.5) is 11.8 Å². The van der Waals surface area contributed by atoms with Crippen LogP contribution in [0.25, 0.3) is 33.7 Å². The Morgan fingerprint density at radius 3 is 1.77 bits per heavy atom. The standard InChI is InChI=1S/C18H14N6O2.CH4O3S/c19-16-15-17(24-18(20)23-16)22-14(10-4-2-6-12(26)8-10)13(21-15)9-3-1-5-11(25)7-9;1-5(2,3)4/h1-8,25-26H,(H4,19,20,22,23,24);1H3,(H,2,3,4). The van der Waals surface area contributed by atoms with E-state index in [1.165, 1.54) is 0 Å². The summed E-state index contributed by atoms with van der Waals surface area (Å²) in [7, 11) is -3.67. The average Bonchev–Trinajstić information content (AvgIpc) is 2.66. The maximum Gasteiger partial charge on any atom is 0.261 e. The molecule has 0 saturated heterocycles. The normalized spacial score (nSPS) is 11.0. The molecule has 0 radical (unpaired) electrons. The predicted molar refractivity (Wildman–Crippen MR) is 116 cm³/mol. The molecule has 2 aromatic carbocycles. The van der Waals surface area contributed by atoms with E-state index in [4.69, 9.17) is 16.0 Å². The van der Waals surface area contributed by atoms with Crippen molar-refractivity contribution in [3.63, 3.8) is 0 Å². The van der Waals surface area contributed by atoms with Crippen LogP contribution in [0.3, 0.4) is 0 Å². The first-order valence-corrected chi connectivity index (χ1v) is 10.5. The maximum atomic E-state index is 9.83. The first-order chi connectivity index (χ1) is 14.5. The molecule has 0 bridgehead atoms. The minimum absolute atomic E-state index is 0.00346. The lowest BCUT2D eigenvalue weighted by molar-refractivity contribution is 0.475. The highest BCUT2D eigenvalue weighted by Gasteiger charge is 2.17. The third kappa shape index (κ3) is 5.52. The molecule has 0 amide bonds. The molecule has 11 nitrogen and oxygen atoms in total. The summed E-state index contributed by atoms with van der Waals surface area (Å²) in [6.45, 7) is 0. The van der Waals surface area contributed by atoms with Crippen LogP contribution in [0.5, 0.6) is 11.5 Å². The molecule has 2 aromatic heterocycles. The Hall–Kier alpha value is -4.03. The fraction of sp³-hybridized carbons (Fsp3) is 0.0526. The number of hydrogen-bond donors (Lipinski definition) is 5. The molecule has 2 heterocycles. The molecule has 0 fully saturated rings. The van der Waals surface area contributed by atoms with Gasteiger partial charge >= 0.3 is 0 Å². The Balaban J connectivity index is 0.000000491. The molecule has 0 aliphatic rings. The maximum absolute atomic E-state index is 9.83. The molecule has 4 rings (SSSR count). The Morgan fingerprint density at radius 2 is 1.29 bits per heavy atom. The van der Waals surface area contributed by atoms with Gasteiger partial charge in [0.1, 0.15) is 11.5 Å². The SMILES string of the molecule is CS(=O)(=O)O.Nc1nc(N)c2nc(-c3cccc(O)c3)c(-c3cccc(O)c3)nc2n1. The number of phenols is 2. The second-order valence-corrected chi connectivity index (χ2v) is 7.86. The Labute approximate surface area is 176 Å². The van der Waals surface area contributed by atoms with Gasteiger partial charge in [-0.1, -0.05) is 24.3 Å². The highest BCUT2D eigenvalue weighted by molar-refractivity contribution is 7.85. The third-order valence-electron chi connectivity index (χ3n) is 3.81. The Morgan fingerprint density at radius 1 is 0.806 bits per heavy atom. The van der Waals surface area contributed by atoms with Crippen molar-refractivity contribution in [2.75, 3.05) is 17.7 Å². The van der Waals surface area contributed by atoms with Gasteiger partial charge in [0.25, 0.3) is 10.1 Å². The Bertz CT molecular complexity index is 1370. The summed E-state index contributed by atoms with van der Waals surface area (Å²) in [6.07, 6.45) is 0.715. The van der Waals surface area contributed by atoms with E-state index < -0.39 is 10.1 Å². The zero-order chi connectivity index (χ0) is 22.8. The van der Waals surface area contributed by atoms with Gasteiger partial charge in [0.05, 0.1) is 17.6 Å². The number of benzene rings is 2. The average molecular weight is 442 g/mol. The highest BCUT2D eigenvalue weighted by atomic mass is 32.2. The summed E-state index contributed by atoms with van der Waals surface area (Å²) in [5, 5.41) is 19.7. The van der Waals surface area contributed by atoms with E-state index in [-0.39, 0.29) is 28.9 Å². The zero-order valence-electron chi connectivity index (χ0n) is 16.1. The molecule has 0 spiro atoms. The van der Waals surface area contributed by atoms with E-state index in [9.17, 15) is 18.6 Å². The van der Waals surface area contributed by atoms with Gasteiger partial charge in [-0.15, -0.1) is 0 Å². The van der Waals surface area contributed by atoms with E-state index >= 15 is 0 Å². The number of anilines is 2. The van der Waals surface area contributed by atoms with Gasteiger partial charge < -0.3 is 21.7 Å². The van der Waals surface area contributed by atoms with Crippen LogP contribution in [0.1, 0.15) is 0 Å². The number of nitrogens with zero attached hydrogens (tertiary/aromatic N) is 4. The molecule has 7 N–H and O–H groups in total. The van der Waals surface area contributed by atoms with E-state index in [1.807, 2.05) is 0 Å². The van der Waals surface area contributed by atoms with E-state index in [2.05, 4.69) is 19.9 Å². The second kappa shape index (κ2) is 8.38. The van der Waals surface area contributed by atoms with Gasteiger partial charge in [0.2, 0.25) is 5.95 Å². The smallest absolute Gasteiger partial charge is 0.261 e. The lowest BCUT2D eigenvalue weighted by Gasteiger charge is -2.11. The number of nitrogens with two attached hydrogens (primary N) is 2. The van der Waals surface area contributed by atoms with Gasteiger partial charge in [-0.25, -0.2) is 9.97 Å². The van der Waals surface area contributed by atoms with E-state index in [1.54, 1.807) is 48.5 Å². The van der Waals surface area contributed by atoms with Crippen LogP contribution >= 0.6 is 0 Å². The van der Waals surface area contributed by atoms with Crippen molar-refractivity contribution in [3.8, 4) is 34.0 Å². The van der Waals surface area contributed by atoms with E-state index in [0.717, 1.165) is 0 Å². The summed E-state index contributed by atoms with van der Waals surface area (Å²) in [4.78, 5) is 17.1. The molecule has 4 aromatic rings. The van der Waals surface area contributed by atoms with Crippen molar-refractivity contribution < 1.29 is 23.2 Å². The van der Waals surface area contributed by atoms with Crippen LogP contribution in [0, 0.1) is 0 Å². The first-order valence-electron chi connectivity index (χ1n) is 8.63. The van der Waals surface area contributed by atoms with Gasteiger partial charge in [-0.2, -0.15) is 18.4 Å². The molecule has 0 unspecified atom stereocenters. The van der Waals surface area contributed by atoms with Crippen molar-refractivity contribution in [1.29, 1.82) is 0 Å². The van der Waals surface area contributed by atoms with Crippen molar-refractivity contribution in [1.82, 2.24) is 19.9 Å². The lowest BCUT2D eigenvalue weighted by atomic mass is 10.0. The van der Waals surface area contributed by atoms with Gasteiger partial charge in [0, 0.05) is 11.1 Å². The molecule has 0 atom stereocenters. The summed E-state index contributed by atoms with van der Waals surface area (Å²) in [5.74, 6) is 0.292. The molecule has 0 saturated carbocycles. The number of fused-ring (bicyclic) bond motifs is 1. The van der Waals surface area contributed by atoms with Crippen molar-refractivity contribution in [2.24, 2.45) is 0 Å². The minimum atomic E-state index is -3.67. The highest BCUT2D eigenvalue weighted by Crippen LogP contribution is 2.34. The van der Waals surface area contributed by atoms with Crippen LogP contribution in [0.2, 0.25) is 0 Å². The molecule has 12 heteroatoms. The summed E-state index contributed by atoms with van der Waals surface area (Å²) >= 11 is 0. The van der Waals surface area contributed by atoms with Gasteiger partial charge in [-0.3, -0.25) is 4.55 Å². The number of hydrogen-bond acceptors (Lipinski definition) is 10. The fourth-order valence-electron chi connectivity index (χ4n) is 2.70. The van der Waals surface area contributed by atoms with Gasteiger partial charge in [-0.05, 0) is 24.3 Å². The van der Waals surface area contributed by atoms with Crippen molar-refractivity contribution >= 4 is 33.0 Å². The zero-order valence-corrected chi connectivity index (χ0v) is 16.9. The minimum Gasteiger partial charge on any atom is -0.508 e. The summed E-state index contributed by atoms with van der Waals surface area (Å²) < 4.78 is 25.9. The fourth-order valence-corrected chi connectivity index (χ4v) is 2.70. The number of rotatable bonds is 2. The first kappa shape index (κ1) is 21.7. The van der Waals surface area contributed by atoms with Crippen molar-refractivity contribution in [3.05, 3.63) is 48.5 Å². The van der Waals surface area contributed by atoms with Crippen LogP contribution in [-0.4, -0.2) is 49.4 Å². The second-order valence-electron chi connectivity index (χ2n) is 6.39. The molecule has 0 aliphatic heterocycles. The summed E-state index contributed by atoms with van der Waals surface area (Å²) in [6, 6.07) is 13.2. The van der Waals surface area contributed by atoms with E-state index in [0.29, 0.717) is 34.3 Å². The van der Waals surface area contributed by atoms with Crippen LogP contribution in [0.15, 0.2) is 48.5 Å². The predicted octanol–water partition coefficient (Wildman–Crippen LogP) is 1.83. The number of nitrogen functional groups attached to an aromatic ring is 2. The third-order valence-corrected chi connectivity index (χ3v) is 3.81. The number of aromatic hydroxyl groups is 2. The molecule has 0 aliphatic carbocycles. The molecule has 160 valence electrons.